The molecule has 2 rings (SSSR count). The van der Waals surface area contributed by atoms with Crippen LogP contribution in [0.25, 0.3) is 0 Å². The van der Waals surface area contributed by atoms with Gasteiger partial charge in [-0.3, -0.25) is 15.8 Å². The Morgan fingerprint density at radius 3 is 2.56 bits per heavy atom. The second kappa shape index (κ2) is 5.75. The molecule has 2 N–H and O–H groups in total. The highest BCUT2D eigenvalue weighted by atomic mass is 35.5. The van der Waals surface area contributed by atoms with Crippen molar-refractivity contribution >= 4 is 23.9 Å². The van der Waals surface area contributed by atoms with Gasteiger partial charge in [-0.25, -0.2) is 0 Å². The van der Waals surface area contributed by atoms with Gasteiger partial charge in [0.05, 0.1) is 5.69 Å². The first-order valence-corrected chi connectivity index (χ1v) is 5.38. The highest BCUT2D eigenvalue weighted by molar-refractivity contribution is 5.85. The molecule has 1 aliphatic heterocycles. The molecular weight excluding hydrogens is 222 g/mol. The number of hydrogen-bond donors (Lipinski definition) is 2. The molecule has 1 aliphatic rings. The predicted octanol–water partition coefficient (Wildman–Crippen LogP) is 2.83. The van der Waals surface area contributed by atoms with Gasteiger partial charge < -0.3 is 0 Å². The summed E-state index contributed by atoms with van der Waals surface area (Å²) >= 11 is 0. The van der Waals surface area contributed by atoms with Crippen molar-refractivity contribution in [1.82, 2.24) is 5.43 Å². The number of aliphatic imine (C=N–C) groups is 1. The number of aryl methyl sites for hydroxylation is 2. The lowest BCUT2D eigenvalue weighted by atomic mass is 10.1. The Kier molecular flexibility index (Phi) is 4.62. The van der Waals surface area contributed by atoms with E-state index in [1.165, 1.54) is 11.1 Å². The Balaban J connectivity index is 0.00000128. The highest BCUT2D eigenvalue weighted by Crippen LogP contribution is 2.13. The minimum atomic E-state index is 0. The second-order valence-corrected chi connectivity index (χ2v) is 3.98. The zero-order chi connectivity index (χ0) is 10.7. The summed E-state index contributed by atoms with van der Waals surface area (Å²) in [7, 11) is 0. The van der Waals surface area contributed by atoms with E-state index in [9.17, 15) is 0 Å². The van der Waals surface area contributed by atoms with Crippen molar-refractivity contribution in [3.8, 4) is 0 Å². The quantitative estimate of drug-likeness (QED) is 0.779. The normalized spacial score (nSPS) is 14.0. The van der Waals surface area contributed by atoms with E-state index in [-0.39, 0.29) is 12.4 Å². The molecule has 0 saturated carbocycles. The van der Waals surface area contributed by atoms with E-state index in [2.05, 4.69) is 47.9 Å². The molecule has 4 heteroatoms. The van der Waals surface area contributed by atoms with E-state index in [1.807, 2.05) is 0 Å². The Morgan fingerprint density at radius 1 is 1.12 bits per heavy atom. The summed E-state index contributed by atoms with van der Waals surface area (Å²) < 4.78 is 0. The SMILES string of the molecule is Cc1ccc(NNC2=NCCC2)cc1C.Cl. The molecule has 3 nitrogen and oxygen atoms in total. The Hall–Kier alpha value is -1.22. The number of benzene rings is 1. The Labute approximate surface area is 103 Å². The summed E-state index contributed by atoms with van der Waals surface area (Å²) in [6.07, 6.45) is 2.22. The second-order valence-electron chi connectivity index (χ2n) is 3.98. The number of halogens is 1. The number of hydrogen-bond acceptors (Lipinski definition) is 3. The lowest BCUT2D eigenvalue weighted by Gasteiger charge is -2.10. The van der Waals surface area contributed by atoms with Gasteiger partial charge in [0, 0.05) is 13.0 Å². The average molecular weight is 240 g/mol. The number of amidine groups is 1. The van der Waals surface area contributed by atoms with E-state index < -0.39 is 0 Å². The van der Waals surface area contributed by atoms with E-state index in [1.54, 1.807) is 0 Å². The lowest BCUT2D eigenvalue weighted by molar-refractivity contribution is 0.944. The number of nitrogens with one attached hydrogen (secondary N) is 2. The topological polar surface area (TPSA) is 36.4 Å². The van der Waals surface area contributed by atoms with Crippen molar-refractivity contribution in [2.45, 2.75) is 26.7 Å². The fourth-order valence-electron chi connectivity index (χ4n) is 1.61. The maximum absolute atomic E-state index is 4.33. The zero-order valence-corrected chi connectivity index (χ0v) is 10.5. The molecule has 88 valence electrons. The van der Waals surface area contributed by atoms with E-state index in [4.69, 9.17) is 0 Å². The maximum atomic E-state index is 4.33. The van der Waals surface area contributed by atoms with Crippen molar-refractivity contribution in [3.05, 3.63) is 29.3 Å². The van der Waals surface area contributed by atoms with Gasteiger partial charge in [-0.1, -0.05) is 6.07 Å². The fraction of sp³-hybridized carbons (Fsp3) is 0.417. The van der Waals surface area contributed by atoms with Gasteiger partial charge in [0.15, 0.2) is 0 Å². The van der Waals surface area contributed by atoms with Crippen molar-refractivity contribution in [3.63, 3.8) is 0 Å². The molecule has 0 bridgehead atoms. The number of anilines is 1. The van der Waals surface area contributed by atoms with Crippen LogP contribution in [0, 0.1) is 13.8 Å². The van der Waals surface area contributed by atoms with Crippen molar-refractivity contribution in [1.29, 1.82) is 0 Å². The summed E-state index contributed by atoms with van der Waals surface area (Å²) in [5, 5.41) is 0. The maximum Gasteiger partial charge on any atom is 0.115 e. The molecule has 1 aromatic rings. The van der Waals surface area contributed by atoms with Crippen LogP contribution in [0.5, 0.6) is 0 Å². The fourth-order valence-corrected chi connectivity index (χ4v) is 1.61. The Morgan fingerprint density at radius 2 is 1.94 bits per heavy atom. The smallest absolute Gasteiger partial charge is 0.115 e. The minimum Gasteiger partial charge on any atom is -0.300 e. The van der Waals surface area contributed by atoms with Gasteiger partial charge >= 0.3 is 0 Å². The summed E-state index contributed by atoms with van der Waals surface area (Å²) in [6.45, 7) is 5.19. The molecule has 0 aliphatic carbocycles. The van der Waals surface area contributed by atoms with Gasteiger partial charge in [0.2, 0.25) is 0 Å². The minimum absolute atomic E-state index is 0. The zero-order valence-electron chi connectivity index (χ0n) is 9.71. The largest absolute Gasteiger partial charge is 0.300 e. The molecule has 0 unspecified atom stereocenters. The molecule has 0 fully saturated rings. The van der Waals surface area contributed by atoms with Crippen molar-refractivity contribution < 1.29 is 0 Å². The van der Waals surface area contributed by atoms with Crippen LogP contribution in [0.15, 0.2) is 23.2 Å². The van der Waals surface area contributed by atoms with Gasteiger partial charge in [-0.05, 0) is 43.5 Å². The highest BCUT2D eigenvalue weighted by Gasteiger charge is 2.04. The molecule has 0 spiro atoms. The Bertz CT molecular complexity index is 388. The first kappa shape index (κ1) is 12.8. The van der Waals surface area contributed by atoms with Crippen LogP contribution in [-0.4, -0.2) is 12.4 Å². The molecular formula is C12H18ClN3. The first-order chi connectivity index (χ1) is 7.25. The van der Waals surface area contributed by atoms with Crippen LogP contribution in [0.4, 0.5) is 5.69 Å². The third-order valence-corrected chi connectivity index (χ3v) is 2.73. The first-order valence-electron chi connectivity index (χ1n) is 5.38. The molecule has 0 saturated heterocycles. The van der Waals surface area contributed by atoms with Gasteiger partial charge in [-0.2, -0.15) is 0 Å². The van der Waals surface area contributed by atoms with Crippen LogP contribution in [0.1, 0.15) is 24.0 Å². The van der Waals surface area contributed by atoms with Crippen LogP contribution in [-0.2, 0) is 0 Å². The van der Waals surface area contributed by atoms with Crippen LogP contribution >= 0.6 is 12.4 Å². The molecule has 1 heterocycles. The summed E-state index contributed by atoms with van der Waals surface area (Å²) in [4.78, 5) is 4.33. The molecule has 0 atom stereocenters. The van der Waals surface area contributed by atoms with Crippen LogP contribution in [0.3, 0.4) is 0 Å². The molecule has 0 radical (unpaired) electrons. The molecule has 1 aromatic carbocycles. The molecule has 16 heavy (non-hydrogen) atoms. The predicted molar refractivity (Wildman–Crippen MR) is 71.5 cm³/mol. The van der Waals surface area contributed by atoms with Gasteiger partial charge in [0.25, 0.3) is 0 Å². The van der Waals surface area contributed by atoms with Crippen molar-refractivity contribution in [2.24, 2.45) is 4.99 Å². The molecule has 0 amide bonds. The number of nitrogens with zero attached hydrogens (tertiary/aromatic N) is 1. The summed E-state index contributed by atoms with van der Waals surface area (Å²) in [6, 6.07) is 6.33. The lowest BCUT2D eigenvalue weighted by Crippen LogP contribution is -2.27. The number of rotatable bonds is 2. The van der Waals surface area contributed by atoms with E-state index in [0.717, 1.165) is 30.9 Å². The third kappa shape index (κ3) is 3.14. The standard InChI is InChI=1S/C12H17N3.ClH/c1-9-5-6-11(8-10(9)2)14-15-12-4-3-7-13-12;/h5-6,8,14H,3-4,7H2,1-2H3,(H,13,15);1H. The van der Waals surface area contributed by atoms with E-state index in [0.29, 0.717) is 0 Å². The van der Waals surface area contributed by atoms with Crippen LogP contribution in [0.2, 0.25) is 0 Å². The number of hydrazine groups is 1. The summed E-state index contributed by atoms with van der Waals surface area (Å²) in [5.74, 6) is 1.06. The van der Waals surface area contributed by atoms with Gasteiger partial charge in [0.1, 0.15) is 5.84 Å². The average Bonchev–Trinajstić information content (AvgIpc) is 2.73. The van der Waals surface area contributed by atoms with Crippen molar-refractivity contribution in [2.75, 3.05) is 12.0 Å². The van der Waals surface area contributed by atoms with E-state index >= 15 is 0 Å². The molecule has 0 aromatic heterocycles. The van der Waals surface area contributed by atoms with Gasteiger partial charge in [-0.15, -0.1) is 12.4 Å². The third-order valence-electron chi connectivity index (χ3n) is 2.73. The monoisotopic (exact) mass is 239 g/mol. The van der Waals surface area contributed by atoms with Crippen LogP contribution < -0.4 is 10.9 Å². The summed E-state index contributed by atoms with van der Waals surface area (Å²) in [5.41, 5.74) is 10.0.